The summed E-state index contributed by atoms with van der Waals surface area (Å²) < 4.78 is 2.07. The van der Waals surface area contributed by atoms with Crippen LogP contribution < -0.4 is 0 Å². The molecule has 134 valence electrons. The van der Waals surface area contributed by atoms with Gasteiger partial charge in [0.1, 0.15) is 5.82 Å². The van der Waals surface area contributed by atoms with Gasteiger partial charge >= 0.3 is 0 Å². The van der Waals surface area contributed by atoms with E-state index in [4.69, 9.17) is 0 Å². The molecule has 0 aromatic carbocycles. The fourth-order valence-corrected chi connectivity index (χ4v) is 3.81. The highest BCUT2D eigenvalue weighted by molar-refractivity contribution is 5.79. The van der Waals surface area contributed by atoms with Crippen molar-refractivity contribution in [3.8, 4) is 0 Å². The number of aryl methyl sites for hydroxylation is 1. The second kappa shape index (κ2) is 7.66. The predicted octanol–water partition coefficient (Wildman–Crippen LogP) is 1.18. The number of piperidine rings is 1. The van der Waals surface area contributed by atoms with Crippen LogP contribution in [0.4, 0.5) is 0 Å². The van der Waals surface area contributed by atoms with Crippen LogP contribution in [0, 0.1) is 5.92 Å². The Kier molecular flexibility index (Phi) is 5.56. The first-order valence-electron chi connectivity index (χ1n) is 9.26. The smallest absolute Gasteiger partial charge is 0.227 e. The van der Waals surface area contributed by atoms with E-state index in [0.29, 0.717) is 11.9 Å². The molecule has 1 aromatic rings. The minimum absolute atomic E-state index is 0.197. The van der Waals surface area contributed by atoms with E-state index in [1.54, 1.807) is 0 Å². The number of rotatable bonds is 4. The topological polar surface area (TPSA) is 44.6 Å². The number of imidazole rings is 1. The fraction of sp³-hybridized carbons (Fsp3) is 0.778. The quantitative estimate of drug-likeness (QED) is 0.830. The van der Waals surface area contributed by atoms with Crippen LogP contribution in [0.3, 0.4) is 0 Å². The van der Waals surface area contributed by atoms with E-state index < -0.39 is 0 Å². The molecule has 1 amide bonds. The number of hydrogen-bond acceptors (Lipinski definition) is 4. The maximum absolute atomic E-state index is 12.9. The number of nitrogens with zero attached hydrogens (tertiary/aromatic N) is 5. The van der Waals surface area contributed by atoms with Crippen LogP contribution in [0.5, 0.6) is 0 Å². The van der Waals surface area contributed by atoms with E-state index in [1.165, 1.54) is 0 Å². The van der Waals surface area contributed by atoms with Crippen LogP contribution in [-0.2, 0) is 18.4 Å². The van der Waals surface area contributed by atoms with Crippen molar-refractivity contribution in [1.29, 1.82) is 0 Å². The van der Waals surface area contributed by atoms with Gasteiger partial charge in [-0.2, -0.15) is 0 Å². The van der Waals surface area contributed by atoms with Gasteiger partial charge in [-0.1, -0.05) is 0 Å². The number of carbonyl (C=O) groups excluding carboxylic acids is 1. The second-order valence-corrected chi connectivity index (χ2v) is 7.48. The fourth-order valence-electron chi connectivity index (χ4n) is 3.81. The van der Waals surface area contributed by atoms with Gasteiger partial charge in [-0.25, -0.2) is 4.98 Å². The summed E-state index contributed by atoms with van der Waals surface area (Å²) >= 11 is 0. The largest absolute Gasteiger partial charge is 0.340 e. The molecule has 6 heteroatoms. The normalized spacial score (nSPS) is 23.8. The minimum Gasteiger partial charge on any atom is -0.340 e. The molecule has 0 aliphatic carbocycles. The molecule has 3 heterocycles. The minimum atomic E-state index is 0.197. The summed E-state index contributed by atoms with van der Waals surface area (Å²) in [5.41, 5.74) is 0. The van der Waals surface area contributed by atoms with Crippen molar-refractivity contribution in [3.63, 3.8) is 0 Å². The number of piperazine rings is 1. The Labute approximate surface area is 145 Å². The number of likely N-dealkylation sites (tertiary alicyclic amines) is 1. The van der Waals surface area contributed by atoms with Crippen LogP contribution in [0.1, 0.15) is 32.5 Å². The molecular formula is C18H31N5O. The summed E-state index contributed by atoms with van der Waals surface area (Å²) in [5.74, 6) is 1.66. The molecule has 0 unspecified atom stereocenters. The summed E-state index contributed by atoms with van der Waals surface area (Å²) in [6.07, 6.45) is 6.03. The summed E-state index contributed by atoms with van der Waals surface area (Å²) in [6.45, 7) is 11.0. The summed E-state index contributed by atoms with van der Waals surface area (Å²) in [7, 11) is 2.03. The molecule has 1 atom stereocenters. The van der Waals surface area contributed by atoms with Crippen LogP contribution in [-0.4, -0.2) is 75.5 Å². The summed E-state index contributed by atoms with van der Waals surface area (Å²) in [4.78, 5) is 24.2. The average Bonchev–Trinajstić information content (AvgIpc) is 3.00. The lowest BCUT2D eigenvalue weighted by Gasteiger charge is -2.39. The molecule has 24 heavy (non-hydrogen) atoms. The van der Waals surface area contributed by atoms with Crippen LogP contribution in [0.2, 0.25) is 0 Å². The Hall–Kier alpha value is -1.40. The van der Waals surface area contributed by atoms with Gasteiger partial charge in [0.2, 0.25) is 5.91 Å². The molecule has 2 aliphatic rings. The van der Waals surface area contributed by atoms with Crippen LogP contribution in [0.15, 0.2) is 12.4 Å². The Morgan fingerprint density at radius 1 is 1.25 bits per heavy atom. The standard InChI is InChI=1S/C18H31N5O/c1-15(2)23-7-4-5-16(13-23)18(24)22-11-9-21(10-12-22)14-17-19-6-8-20(17)3/h6,8,15-16H,4-5,7,9-14H2,1-3H3/t16-/m1/s1. The average molecular weight is 333 g/mol. The number of carbonyl (C=O) groups is 1. The predicted molar refractivity (Wildman–Crippen MR) is 94.5 cm³/mol. The van der Waals surface area contributed by atoms with Crippen molar-refractivity contribution >= 4 is 5.91 Å². The highest BCUT2D eigenvalue weighted by atomic mass is 16.2. The zero-order chi connectivity index (χ0) is 17.1. The molecule has 2 saturated heterocycles. The van der Waals surface area contributed by atoms with Crippen molar-refractivity contribution < 1.29 is 4.79 Å². The van der Waals surface area contributed by atoms with Crippen molar-refractivity contribution in [2.45, 2.75) is 39.3 Å². The zero-order valence-electron chi connectivity index (χ0n) is 15.3. The first-order valence-corrected chi connectivity index (χ1v) is 9.26. The van der Waals surface area contributed by atoms with Crippen molar-refractivity contribution in [3.05, 3.63) is 18.2 Å². The molecule has 6 nitrogen and oxygen atoms in total. The molecule has 2 fully saturated rings. The van der Waals surface area contributed by atoms with Gasteiger partial charge in [-0.05, 0) is 33.2 Å². The Balaban J connectivity index is 1.49. The molecule has 3 rings (SSSR count). The zero-order valence-corrected chi connectivity index (χ0v) is 15.3. The summed E-state index contributed by atoms with van der Waals surface area (Å²) in [6, 6.07) is 0.537. The molecule has 0 spiro atoms. The molecule has 0 saturated carbocycles. The van der Waals surface area contributed by atoms with E-state index >= 15 is 0 Å². The lowest BCUT2D eigenvalue weighted by atomic mass is 9.95. The lowest BCUT2D eigenvalue weighted by Crippen LogP contribution is -2.52. The van der Waals surface area contributed by atoms with E-state index in [-0.39, 0.29) is 5.92 Å². The highest BCUT2D eigenvalue weighted by Gasteiger charge is 2.31. The monoisotopic (exact) mass is 333 g/mol. The molecule has 2 aliphatic heterocycles. The first kappa shape index (κ1) is 17.4. The van der Waals surface area contributed by atoms with Crippen molar-refractivity contribution in [2.75, 3.05) is 39.3 Å². The van der Waals surface area contributed by atoms with Gasteiger partial charge in [0.25, 0.3) is 0 Å². The van der Waals surface area contributed by atoms with Crippen LogP contribution >= 0.6 is 0 Å². The number of amides is 1. The van der Waals surface area contributed by atoms with E-state index in [2.05, 4.69) is 38.1 Å². The Morgan fingerprint density at radius 2 is 2.00 bits per heavy atom. The third-order valence-corrected chi connectivity index (χ3v) is 5.50. The number of hydrogen-bond donors (Lipinski definition) is 0. The lowest BCUT2D eigenvalue weighted by molar-refractivity contribution is -0.139. The molecule has 1 aromatic heterocycles. The van der Waals surface area contributed by atoms with Gasteiger partial charge in [0, 0.05) is 58.2 Å². The van der Waals surface area contributed by atoms with Gasteiger partial charge in [-0.15, -0.1) is 0 Å². The van der Waals surface area contributed by atoms with E-state index in [0.717, 1.165) is 64.5 Å². The summed E-state index contributed by atoms with van der Waals surface area (Å²) in [5, 5.41) is 0. The van der Waals surface area contributed by atoms with Gasteiger partial charge < -0.3 is 14.4 Å². The maximum atomic E-state index is 12.9. The molecular weight excluding hydrogens is 302 g/mol. The molecule has 0 bridgehead atoms. The third kappa shape index (κ3) is 3.98. The van der Waals surface area contributed by atoms with Gasteiger partial charge in [0.05, 0.1) is 12.5 Å². The van der Waals surface area contributed by atoms with Gasteiger partial charge in [-0.3, -0.25) is 9.69 Å². The van der Waals surface area contributed by atoms with E-state index in [9.17, 15) is 4.79 Å². The van der Waals surface area contributed by atoms with Crippen LogP contribution in [0.25, 0.3) is 0 Å². The van der Waals surface area contributed by atoms with E-state index in [1.807, 2.05) is 19.4 Å². The Bertz CT molecular complexity index is 547. The number of aromatic nitrogens is 2. The van der Waals surface area contributed by atoms with Crippen molar-refractivity contribution in [2.24, 2.45) is 13.0 Å². The SMILES string of the molecule is CC(C)N1CCC[C@@H](C(=O)N2CCN(Cc3nccn3C)CC2)C1. The Morgan fingerprint density at radius 3 is 2.62 bits per heavy atom. The maximum Gasteiger partial charge on any atom is 0.227 e. The second-order valence-electron chi connectivity index (χ2n) is 7.48. The highest BCUT2D eigenvalue weighted by Crippen LogP contribution is 2.21. The molecule has 0 N–H and O–H groups in total. The van der Waals surface area contributed by atoms with Crippen molar-refractivity contribution in [1.82, 2.24) is 24.3 Å². The first-order chi connectivity index (χ1) is 11.5. The van der Waals surface area contributed by atoms with Gasteiger partial charge in [0.15, 0.2) is 0 Å². The molecule has 0 radical (unpaired) electrons. The third-order valence-electron chi connectivity index (χ3n) is 5.50.